The number of nitrogens with one attached hydrogen (secondary N) is 3. The van der Waals surface area contributed by atoms with Crippen LogP contribution in [0.25, 0.3) is 0 Å². The van der Waals surface area contributed by atoms with Crippen LogP contribution in [0.1, 0.15) is 6.92 Å². The molecule has 6 heteroatoms. The first-order chi connectivity index (χ1) is 10.6. The maximum Gasteiger partial charge on any atom is 0.282 e. The molecule has 1 saturated heterocycles. The monoisotopic (exact) mass is 307 g/mol. The molecule has 2 heterocycles. The van der Waals surface area contributed by atoms with Gasteiger partial charge in [-0.1, -0.05) is 0 Å². The number of piperazine rings is 1. The summed E-state index contributed by atoms with van der Waals surface area (Å²) in [6.07, 6.45) is 0. The van der Waals surface area contributed by atoms with Crippen LogP contribution in [-0.4, -0.2) is 58.4 Å². The Hall–Kier alpha value is -1.79. The second-order valence-corrected chi connectivity index (χ2v) is 6.18. The Morgan fingerprint density at radius 3 is 2.55 bits per heavy atom. The number of carbonyl (C=O) groups is 1. The van der Waals surface area contributed by atoms with Crippen LogP contribution in [0, 0.1) is 0 Å². The minimum Gasteiger partial charge on any atom is -0.486 e. The smallest absolute Gasteiger partial charge is 0.282 e. The van der Waals surface area contributed by atoms with E-state index in [0.717, 1.165) is 37.6 Å². The lowest BCUT2D eigenvalue weighted by atomic mass is 10.2. The number of ether oxygens (including phenoxy) is 2. The van der Waals surface area contributed by atoms with E-state index in [-0.39, 0.29) is 11.9 Å². The van der Waals surface area contributed by atoms with E-state index in [1.807, 2.05) is 25.1 Å². The van der Waals surface area contributed by atoms with E-state index >= 15 is 0 Å². The molecule has 0 radical (unpaired) electrons. The average molecular weight is 307 g/mol. The summed E-state index contributed by atoms with van der Waals surface area (Å²) in [5.41, 5.74) is 0.764. The van der Waals surface area contributed by atoms with Gasteiger partial charge in [-0.3, -0.25) is 4.79 Å². The van der Waals surface area contributed by atoms with E-state index < -0.39 is 0 Å². The van der Waals surface area contributed by atoms with Crippen LogP contribution in [0.3, 0.4) is 0 Å². The molecule has 3 N–H and O–H groups in total. The Morgan fingerprint density at radius 2 is 1.82 bits per heavy atom. The van der Waals surface area contributed by atoms with E-state index in [4.69, 9.17) is 9.47 Å². The van der Waals surface area contributed by atoms with Crippen molar-refractivity contribution in [3.63, 3.8) is 0 Å². The lowest BCUT2D eigenvalue weighted by Crippen LogP contribution is -3.29. The van der Waals surface area contributed by atoms with E-state index in [0.29, 0.717) is 19.0 Å². The molecule has 120 valence electrons. The average Bonchev–Trinajstić information content (AvgIpc) is 2.55. The van der Waals surface area contributed by atoms with Gasteiger partial charge in [0.1, 0.15) is 39.4 Å². The fraction of sp³-hybridized carbons (Fsp3) is 0.562. The molecule has 0 unspecified atom stereocenters. The fourth-order valence-electron chi connectivity index (χ4n) is 2.99. The summed E-state index contributed by atoms with van der Waals surface area (Å²) in [5, 5.41) is 3.00. The molecule has 1 fully saturated rings. The van der Waals surface area contributed by atoms with Crippen molar-refractivity contribution in [3.8, 4) is 11.5 Å². The molecule has 3 rings (SSSR count). The molecular formula is C16H25N3O3+2. The topological polar surface area (TPSA) is 56.4 Å². The minimum atomic E-state index is -0.0405. The largest absolute Gasteiger partial charge is 0.486 e. The van der Waals surface area contributed by atoms with Crippen LogP contribution in [0.2, 0.25) is 0 Å². The number of benzene rings is 1. The first-order valence-electron chi connectivity index (χ1n) is 8.00. The first-order valence-corrected chi connectivity index (χ1v) is 8.00. The summed E-state index contributed by atoms with van der Waals surface area (Å²) in [4.78, 5) is 15.4. The summed E-state index contributed by atoms with van der Waals surface area (Å²) in [6, 6.07) is 5.51. The van der Waals surface area contributed by atoms with Gasteiger partial charge in [0.05, 0.1) is 7.05 Å². The molecule has 22 heavy (non-hydrogen) atoms. The predicted molar refractivity (Wildman–Crippen MR) is 82.8 cm³/mol. The van der Waals surface area contributed by atoms with Crippen molar-refractivity contribution < 1.29 is 24.1 Å². The van der Waals surface area contributed by atoms with Gasteiger partial charge in [0.25, 0.3) is 5.91 Å². The molecule has 1 atom stereocenters. The van der Waals surface area contributed by atoms with Gasteiger partial charge in [0.15, 0.2) is 17.5 Å². The summed E-state index contributed by atoms with van der Waals surface area (Å²) >= 11 is 0. The summed E-state index contributed by atoms with van der Waals surface area (Å²) < 4.78 is 11.0. The zero-order valence-electron chi connectivity index (χ0n) is 13.3. The zero-order valence-corrected chi connectivity index (χ0v) is 13.3. The molecule has 0 bridgehead atoms. The molecular weight excluding hydrogens is 282 g/mol. The summed E-state index contributed by atoms with van der Waals surface area (Å²) in [6.45, 7) is 7.46. The molecule has 2 aliphatic heterocycles. The molecule has 1 aromatic rings. The third-order valence-electron chi connectivity index (χ3n) is 4.56. The van der Waals surface area contributed by atoms with Gasteiger partial charge in [-0.25, -0.2) is 0 Å². The fourth-order valence-corrected chi connectivity index (χ4v) is 2.99. The number of hydrogen-bond acceptors (Lipinski definition) is 3. The second-order valence-electron chi connectivity index (χ2n) is 6.18. The van der Waals surface area contributed by atoms with Crippen LogP contribution in [-0.2, 0) is 4.79 Å². The molecule has 2 aliphatic rings. The quantitative estimate of drug-likeness (QED) is 0.617. The summed E-state index contributed by atoms with van der Waals surface area (Å²) in [7, 11) is 2.21. The maximum atomic E-state index is 12.5. The van der Waals surface area contributed by atoms with Crippen molar-refractivity contribution in [1.29, 1.82) is 0 Å². The van der Waals surface area contributed by atoms with Crippen molar-refractivity contribution in [2.75, 3.05) is 51.8 Å². The minimum absolute atomic E-state index is 0.0405. The zero-order chi connectivity index (χ0) is 15.5. The standard InChI is InChI=1S/C16H23N3O3/c1-12(19-7-5-18(2)6-8-19)16(20)17-13-3-4-14-15(11-13)22-10-9-21-14/h3-4,11-12H,5-10H2,1-2H3,(H,17,20)/p+2/t12-/m1/s1. The van der Waals surface area contributed by atoms with Crippen molar-refractivity contribution in [1.82, 2.24) is 0 Å². The Balaban J connectivity index is 1.61. The highest BCUT2D eigenvalue weighted by Gasteiger charge is 2.29. The van der Waals surface area contributed by atoms with E-state index in [1.165, 1.54) is 4.90 Å². The lowest BCUT2D eigenvalue weighted by molar-refractivity contribution is -1.01. The van der Waals surface area contributed by atoms with E-state index in [1.54, 1.807) is 4.90 Å². The van der Waals surface area contributed by atoms with Gasteiger partial charge < -0.3 is 24.6 Å². The number of anilines is 1. The molecule has 6 nitrogen and oxygen atoms in total. The lowest BCUT2D eigenvalue weighted by Gasteiger charge is -2.30. The number of quaternary nitrogens is 2. The van der Waals surface area contributed by atoms with Crippen LogP contribution < -0.4 is 24.6 Å². The Morgan fingerprint density at radius 1 is 1.14 bits per heavy atom. The third-order valence-corrected chi connectivity index (χ3v) is 4.56. The highest BCUT2D eigenvalue weighted by atomic mass is 16.6. The highest BCUT2D eigenvalue weighted by Crippen LogP contribution is 2.32. The van der Waals surface area contributed by atoms with Crippen molar-refractivity contribution in [2.24, 2.45) is 0 Å². The molecule has 0 aliphatic carbocycles. The number of hydrogen-bond donors (Lipinski definition) is 3. The van der Waals surface area contributed by atoms with Gasteiger partial charge in [0, 0.05) is 11.8 Å². The molecule has 0 saturated carbocycles. The van der Waals surface area contributed by atoms with Gasteiger partial charge >= 0.3 is 0 Å². The molecule has 1 aromatic carbocycles. The normalized spacial score (nSPS) is 25.4. The maximum absolute atomic E-state index is 12.5. The number of fused-ring (bicyclic) bond motifs is 1. The van der Waals surface area contributed by atoms with Crippen LogP contribution >= 0.6 is 0 Å². The van der Waals surface area contributed by atoms with Crippen LogP contribution in [0.5, 0.6) is 11.5 Å². The molecule has 1 amide bonds. The van der Waals surface area contributed by atoms with Gasteiger partial charge in [-0.2, -0.15) is 0 Å². The van der Waals surface area contributed by atoms with Gasteiger partial charge in [-0.05, 0) is 19.1 Å². The Kier molecular flexibility index (Phi) is 4.49. The number of carbonyl (C=O) groups excluding carboxylic acids is 1. The first kappa shape index (κ1) is 15.1. The van der Waals surface area contributed by atoms with Crippen LogP contribution in [0.4, 0.5) is 5.69 Å². The summed E-state index contributed by atoms with van der Waals surface area (Å²) in [5.74, 6) is 1.50. The van der Waals surface area contributed by atoms with E-state index in [9.17, 15) is 4.79 Å². The molecule has 0 spiro atoms. The van der Waals surface area contributed by atoms with E-state index in [2.05, 4.69) is 12.4 Å². The number of likely N-dealkylation sites (N-methyl/N-ethyl adjacent to an activating group) is 1. The van der Waals surface area contributed by atoms with Gasteiger partial charge in [0.2, 0.25) is 0 Å². The van der Waals surface area contributed by atoms with Crippen molar-refractivity contribution in [3.05, 3.63) is 18.2 Å². The Labute approximate surface area is 131 Å². The highest BCUT2D eigenvalue weighted by molar-refractivity contribution is 5.93. The number of amides is 1. The predicted octanol–water partition coefficient (Wildman–Crippen LogP) is -1.80. The third kappa shape index (κ3) is 3.34. The second kappa shape index (κ2) is 6.54. The number of rotatable bonds is 3. The van der Waals surface area contributed by atoms with Crippen molar-refractivity contribution in [2.45, 2.75) is 13.0 Å². The van der Waals surface area contributed by atoms with Crippen LogP contribution in [0.15, 0.2) is 18.2 Å². The Bertz CT molecular complexity index is 541. The van der Waals surface area contributed by atoms with Gasteiger partial charge in [-0.15, -0.1) is 0 Å². The molecule has 0 aromatic heterocycles. The van der Waals surface area contributed by atoms with Crippen molar-refractivity contribution >= 4 is 11.6 Å². The SMILES string of the molecule is C[C@H](C(=O)Nc1ccc2c(c1)OCCO2)[NH+]1CC[NH+](C)CC1.